The Labute approximate surface area is 375 Å². The first-order chi connectivity index (χ1) is 30.0. The van der Waals surface area contributed by atoms with Crippen LogP contribution in [0.2, 0.25) is 0 Å². The first-order valence-corrected chi connectivity index (χ1v) is 25.1. The molecule has 0 amide bonds. The molecule has 0 radical (unpaired) electrons. The molecule has 61 heavy (non-hydrogen) atoms. The Morgan fingerprint density at radius 1 is 0.344 bits per heavy atom. The highest BCUT2D eigenvalue weighted by Gasteiger charge is 2.19. The van der Waals surface area contributed by atoms with Gasteiger partial charge >= 0.3 is 17.9 Å². The number of hydrogen-bond acceptors (Lipinski definition) is 6. The second-order valence-electron chi connectivity index (χ2n) is 16.3. The van der Waals surface area contributed by atoms with Crippen LogP contribution < -0.4 is 0 Å². The molecule has 0 saturated carbocycles. The molecule has 0 spiro atoms. The Bertz CT molecular complexity index is 1200. The van der Waals surface area contributed by atoms with E-state index in [4.69, 9.17) is 14.2 Å². The lowest BCUT2D eigenvalue weighted by Gasteiger charge is -2.18. The number of ether oxygens (including phenoxy) is 3. The summed E-state index contributed by atoms with van der Waals surface area (Å²) in [6, 6.07) is 0. The number of unbranched alkanes of at least 4 members (excludes halogenated alkanes) is 19. The average Bonchev–Trinajstić information content (AvgIpc) is 3.26. The molecule has 0 rings (SSSR count). The average molecular weight is 849 g/mol. The lowest BCUT2D eigenvalue weighted by Crippen LogP contribution is -2.30. The zero-order chi connectivity index (χ0) is 44.4. The van der Waals surface area contributed by atoms with Gasteiger partial charge in [0.05, 0.1) is 0 Å². The molecule has 0 aromatic rings. The van der Waals surface area contributed by atoms with Gasteiger partial charge in [-0.3, -0.25) is 14.4 Å². The highest BCUT2D eigenvalue weighted by atomic mass is 16.6. The molecule has 0 aromatic carbocycles. The maximum absolute atomic E-state index is 12.8. The summed E-state index contributed by atoms with van der Waals surface area (Å²) in [7, 11) is 0. The van der Waals surface area contributed by atoms with Gasteiger partial charge in [-0.05, 0) is 109 Å². The van der Waals surface area contributed by atoms with E-state index in [9.17, 15) is 14.4 Å². The summed E-state index contributed by atoms with van der Waals surface area (Å²) in [4.78, 5) is 37.9. The molecule has 0 bridgehead atoms. The minimum atomic E-state index is -0.799. The quantitative estimate of drug-likeness (QED) is 0.0263. The highest BCUT2D eigenvalue weighted by molar-refractivity contribution is 5.71. The summed E-state index contributed by atoms with van der Waals surface area (Å²) >= 11 is 0. The smallest absolute Gasteiger partial charge is 0.306 e. The largest absolute Gasteiger partial charge is 0.462 e. The van der Waals surface area contributed by atoms with Gasteiger partial charge in [0, 0.05) is 19.3 Å². The molecular formula is C55H92O6. The van der Waals surface area contributed by atoms with Crippen molar-refractivity contribution in [1.29, 1.82) is 0 Å². The van der Waals surface area contributed by atoms with Crippen molar-refractivity contribution in [3.05, 3.63) is 85.1 Å². The maximum Gasteiger partial charge on any atom is 0.306 e. The van der Waals surface area contributed by atoms with Crippen LogP contribution in [0.25, 0.3) is 0 Å². The van der Waals surface area contributed by atoms with Gasteiger partial charge in [0.15, 0.2) is 6.10 Å². The topological polar surface area (TPSA) is 78.9 Å². The lowest BCUT2D eigenvalue weighted by atomic mass is 10.1. The van der Waals surface area contributed by atoms with E-state index < -0.39 is 6.10 Å². The predicted molar refractivity (Wildman–Crippen MR) is 261 cm³/mol. The van der Waals surface area contributed by atoms with Crippen LogP contribution in [0.4, 0.5) is 0 Å². The number of carbonyl (C=O) groups excluding carboxylic acids is 3. The van der Waals surface area contributed by atoms with Gasteiger partial charge in [0.1, 0.15) is 13.2 Å². The van der Waals surface area contributed by atoms with E-state index >= 15 is 0 Å². The van der Waals surface area contributed by atoms with E-state index in [1.807, 2.05) is 0 Å². The van der Waals surface area contributed by atoms with Crippen molar-refractivity contribution < 1.29 is 28.6 Å². The maximum atomic E-state index is 12.8. The fourth-order valence-corrected chi connectivity index (χ4v) is 6.64. The minimum absolute atomic E-state index is 0.0981. The minimum Gasteiger partial charge on any atom is -0.462 e. The van der Waals surface area contributed by atoms with Crippen LogP contribution >= 0.6 is 0 Å². The van der Waals surface area contributed by atoms with Gasteiger partial charge in [0.2, 0.25) is 0 Å². The van der Waals surface area contributed by atoms with Gasteiger partial charge in [-0.2, -0.15) is 0 Å². The third-order valence-corrected chi connectivity index (χ3v) is 10.4. The molecular weight excluding hydrogens is 757 g/mol. The van der Waals surface area contributed by atoms with Gasteiger partial charge in [0.25, 0.3) is 0 Å². The van der Waals surface area contributed by atoms with Gasteiger partial charge in [-0.25, -0.2) is 0 Å². The third kappa shape index (κ3) is 47.5. The van der Waals surface area contributed by atoms with Crippen molar-refractivity contribution in [1.82, 2.24) is 0 Å². The fraction of sp³-hybridized carbons (Fsp3) is 0.691. The molecule has 0 aromatic heterocycles. The van der Waals surface area contributed by atoms with Crippen molar-refractivity contribution in [3.63, 3.8) is 0 Å². The zero-order valence-electron chi connectivity index (χ0n) is 39.7. The summed E-state index contributed by atoms with van der Waals surface area (Å²) in [6.45, 7) is 6.35. The molecule has 0 saturated heterocycles. The normalized spacial score (nSPS) is 12.8. The van der Waals surface area contributed by atoms with E-state index in [-0.39, 0.29) is 31.1 Å². The molecule has 0 aliphatic rings. The Morgan fingerprint density at radius 2 is 0.639 bits per heavy atom. The van der Waals surface area contributed by atoms with Crippen LogP contribution in [-0.2, 0) is 28.6 Å². The molecule has 6 heteroatoms. The second kappa shape index (κ2) is 49.2. The van der Waals surface area contributed by atoms with Crippen LogP contribution in [0.1, 0.15) is 226 Å². The Morgan fingerprint density at radius 3 is 1.03 bits per heavy atom. The van der Waals surface area contributed by atoms with Gasteiger partial charge in [-0.1, -0.05) is 183 Å². The van der Waals surface area contributed by atoms with Crippen LogP contribution in [-0.4, -0.2) is 37.2 Å². The molecule has 0 fully saturated rings. The molecule has 0 N–H and O–H groups in total. The molecule has 0 aliphatic carbocycles. The van der Waals surface area contributed by atoms with E-state index in [0.29, 0.717) is 19.3 Å². The number of allylic oxidation sites excluding steroid dienone is 14. The summed E-state index contributed by atoms with van der Waals surface area (Å²) < 4.78 is 16.7. The molecule has 0 aliphatic heterocycles. The molecule has 6 nitrogen and oxygen atoms in total. The molecule has 1 unspecified atom stereocenters. The number of hydrogen-bond donors (Lipinski definition) is 0. The summed E-state index contributed by atoms with van der Waals surface area (Å²) in [5, 5.41) is 0. The molecule has 0 heterocycles. The van der Waals surface area contributed by atoms with E-state index in [0.717, 1.165) is 128 Å². The van der Waals surface area contributed by atoms with Crippen LogP contribution in [0.3, 0.4) is 0 Å². The fourth-order valence-electron chi connectivity index (χ4n) is 6.64. The van der Waals surface area contributed by atoms with Crippen LogP contribution in [0.5, 0.6) is 0 Å². The van der Waals surface area contributed by atoms with Crippen molar-refractivity contribution in [2.45, 2.75) is 232 Å². The monoisotopic (exact) mass is 849 g/mol. The van der Waals surface area contributed by atoms with Crippen molar-refractivity contribution in [2.24, 2.45) is 0 Å². The van der Waals surface area contributed by atoms with E-state index in [1.54, 1.807) is 0 Å². The Hall–Kier alpha value is -3.41. The van der Waals surface area contributed by atoms with Crippen molar-refractivity contribution in [3.8, 4) is 0 Å². The first kappa shape index (κ1) is 57.6. The number of carbonyl (C=O) groups is 3. The van der Waals surface area contributed by atoms with Crippen LogP contribution in [0, 0.1) is 0 Å². The second-order valence-corrected chi connectivity index (χ2v) is 16.3. The third-order valence-electron chi connectivity index (χ3n) is 10.4. The molecule has 348 valence electrons. The summed E-state index contributed by atoms with van der Waals surface area (Å²) in [6.07, 6.45) is 62.8. The Kier molecular flexibility index (Phi) is 46.5. The SMILES string of the molecule is CC/C=C\C/C=C\C/C=C\CCCCCCCCC(=O)OCC(COC(=O)CCCCC/C=C\CCCCCCCC)OC(=O)CCCCCC/C=C\C/C=C\C/C=C\CC. The van der Waals surface area contributed by atoms with Crippen LogP contribution in [0.15, 0.2) is 85.1 Å². The van der Waals surface area contributed by atoms with Gasteiger partial charge < -0.3 is 14.2 Å². The van der Waals surface area contributed by atoms with E-state index in [2.05, 4.69) is 106 Å². The van der Waals surface area contributed by atoms with Gasteiger partial charge in [-0.15, -0.1) is 0 Å². The van der Waals surface area contributed by atoms with Crippen molar-refractivity contribution >= 4 is 17.9 Å². The highest BCUT2D eigenvalue weighted by Crippen LogP contribution is 2.13. The lowest BCUT2D eigenvalue weighted by molar-refractivity contribution is -0.167. The van der Waals surface area contributed by atoms with Crippen molar-refractivity contribution in [2.75, 3.05) is 13.2 Å². The zero-order valence-corrected chi connectivity index (χ0v) is 39.7. The summed E-state index contributed by atoms with van der Waals surface area (Å²) in [5.74, 6) is -0.951. The first-order valence-electron chi connectivity index (χ1n) is 25.1. The van der Waals surface area contributed by atoms with E-state index in [1.165, 1.54) is 57.8 Å². The summed E-state index contributed by atoms with van der Waals surface area (Å²) in [5.41, 5.74) is 0. The standard InChI is InChI=1S/C55H92O6/c1-4-7-10-13-16-19-22-25-27-28-31-33-36-39-42-45-48-54(57)60-51-52(50-59-53(56)47-44-41-38-35-32-29-24-21-18-15-12-9-6-3)61-55(58)49-46-43-40-37-34-30-26-23-20-17-14-11-8-5-2/h7-8,10-11,16-17,19-20,25-27,29-30,32,52H,4-6,9,12-15,18,21-24,28,31,33-51H2,1-3H3/b10-7-,11-8-,19-16-,20-17-,27-25-,30-26-,32-29-. The number of esters is 3. The Balaban J connectivity index is 4.46. The predicted octanol–water partition coefficient (Wildman–Crippen LogP) is 16.4. The molecule has 1 atom stereocenters. The number of rotatable bonds is 44.